The first-order valence-corrected chi connectivity index (χ1v) is 11.8. The van der Waals surface area contributed by atoms with Crippen LogP contribution in [0.5, 0.6) is 5.75 Å². The highest BCUT2D eigenvalue weighted by Crippen LogP contribution is 2.27. The van der Waals surface area contributed by atoms with E-state index in [1.807, 2.05) is 6.07 Å². The molecule has 2 aromatic carbocycles. The molecule has 0 fully saturated rings. The summed E-state index contributed by atoms with van der Waals surface area (Å²) in [6, 6.07) is 12.1. The molecule has 8 nitrogen and oxygen atoms in total. The second kappa shape index (κ2) is 12.1. The molecule has 0 spiro atoms. The maximum Gasteiger partial charge on any atom is 0.291 e. The van der Waals surface area contributed by atoms with Crippen molar-refractivity contribution in [3.63, 3.8) is 0 Å². The van der Waals surface area contributed by atoms with E-state index in [1.165, 1.54) is 4.68 Å². The third kappa shape index (κ3) is 7.21. The zero-order chi connectivity index (χ0) is 25.5. The van der Waals surface area contributed by atoms with Gasteiger partial charge >= 0.3 is 0 Å². The Morgan fingerprint density at radius 3 is 2.60 bits per heavy atom. The van der Waals surface area contributed by atoms with Gasteiger partial charge in [-0.25, -0.2) is 5.43 Å². The molecule has 184 valence electrons. The summed E-state index contributed by atoms with van der Waals surface area (Å²) >= 11 is 18.1. The number of halogens is 3. The van der Waals surface area contributed by atoms with Crippen molar-refractivity contribution in [1.29, 1.82) is 0 Å². The number of anilines is 1. The first kappa shape index (κ1) is 26.5. The molecular weight excluding hydrogens is 513 g/mol. The van der Waals surface area contributed by atoms with Crippen molar-refractivity contribution in [2.24, 2.45) is 12.1 Å². The second-order valence-corrected chi connectivity index (χ2v) is 8.89. The average molecular weight is 537 g/mol. The van der Waals surface area contributed by atoms with Crippen LogP contribution in [0, 0.1) is 6.92 Å². The summed E-state index contributed by atoms with van der Waals surface area (Å²) in [7, 11) is 1.63. The van der Waals surface area contributed by atoms with Crippen molar-refractivity contribution in [2.75, 3.05) is 11.9 Å². The number of amides is 2. The van der Waals surface area contributed by atoms with Crippen molar-refractivity contribution in [3.8, 4) is 5.75 Å². The molecule has 0 unspecified atom stereocenters. The average Bonchev–Trinajstić information content (AvgIpc) is 3.07. The van der Waals surface area contributed by atoms with Crippen LogP contribution in [-0.2, 0) is 11.8 Å². The Morgan fingerprint density at radius 2 is 1.91 bits per heavy atom. The van der Waals surface area contributed by atoms with E-state index >= 15 is 0 Å². The van der Waals surface area contributed by atoms with Crippen LogP contribution in [0.25, 0.3) is 0 Å². The number of aryl methyl sites for hydroxylation is 2. The molecule has 1 heterocycles. The molecular formula is C24H24Cl3N5O3. The highest BCUT2D eigenvalue weighted by molar-refractivity contribution is 6.35. The maximum atomic E-state index is 12.5. The first-order valence-electron chi connectivity index (χ1n) is 10.7. The van der Waals surface area contributed by atoms with Gasteiger partial charge < -0.3 is 10.1 Å². The van der Waals surface area contributed by atoms with Crippen molar-refractivity contribution in [3.05, 3.63) is 74.5 Å². The fourth-order valence-corrected chi connectivity index (χ4v) is 3.89. The summed E-state index contributed by atoms with van der Waals surface area (Å²) < 4.78 is 7.01. The van der Waals surface area contributed by atoms with Gasteiger partial charge in [-0.2, -0.15) is 10.2 Å². The molecule has 3 rings (SSSR count). The van der Waals surface area contributed by atoms with E-state index in [2.05, 4.69) is 20.9 Å². The Kier molecular flexibility index (Phi) is 9.14. The Morgan fingerprint density at radius 1 is 1.14 bits per heavy atom. The molecule has 3 aromatic rings. The van der Waals surface area contributed by atoms with Gasteiger partial charge in [-0.1, -0.05) is 46.9 Å². The van der Waals surface area contributed by atoms with E-state index < -0.39 is 5.91 Å². The standard InChI is InChI=1S/C24H24Cl3N5O3/c1-14(29-30-24(34)23-22(27)15(2)31-32(23)3)16-6-4-7-18(12-16)28-21(33)8-5-11-35-20-10-9-17(25)13-19(20)26/h4,6-7,9-10,12-13H,5,8,11H2,1-3H3,(H,28,33)(H,30,34). The lowest BCUT2D eigenvalue weighted by atomic mass is 10.1. The number of aromatic nitrogens is 2. The molecule has 35 heavy (non-hydrogen) atoms. The summed E-state index contributed by atoms with van der Waals surface area (Å²) in [6.07, 6.45) is 0.774. The van der Waals surface area contributed by atoms with E-state index in [4.69, 9.17) is 39.5 Å². The Hall–Kier alpha value is -3.07. The largest absolute Gasteiger partial charge is 0.492 e. The van der Waals surface area contributed by atoms with Crippen LogP contribution in [0.2, 0.25) is 15.1 Å². The lowest BCUT2D eigenvalue weighted by Gasteiger charge is -2.09. The van der Waals surface area contributed by atoms with Gasteiger partial charge in [-0.3, -0.25) is 14.3 Å². The SMILES string of the molecule is CC(=NNC(=O)c1c(Cl)c(C)nn1C)c1cccc(NC(=O)CCCOc2ccc(Cl)cc2Cl)c1. The van der Waals surface area contributed by atoms with Gasteiger partial charge in [0.25, 0.3) is 5.91 Å². The quantitative estimate of drug-likeness (QED) is 0.210. The number of hydrogen-bond donors (Lipinski definition) is 2. The minimum Gasteiger partial charge on any atom is -0.492 e. The maximum absolute atomic E-state index is 12.5. The van der Waals surface area contributed by atoms with Crippen LogP contribution in [0.4, 0.5) is 5.69 Å². The Balaban J connectivity index is 1.52. The molecule has 11 heteroatoms. The summed E-state index contributed by atoms with van der Waals surface area (Å²) in [4.78, 5) is 24.8. The van der Waals surface area contributed by atoms with Crippen LogP contribution in [0.1, 0.15) is 41.5 Å². The fraction of sp³-hybridized carbons (Fsp3) is 0.250. The number of hydrogen-bond acceptors (Lipinski definition) is 5. The Labute approximate surface area is 218 Å². The molecule has 2 N–H and O–H groups in total. The number of hydrazone groups is 1. The van der Waals surface area contributed by atoms with Crippen LogP contribution < -0.4 is 15.5 Å². The van der Waals surface area contributed by atoms with Gasteiger partial charge in [0, 0.05) is 24.2 Å². The van der Waals surface area contributed by atoms with E-state index in [1.54, 1.807) is 57.3 Å². The molecule has 0 aliphatic heterocycles. The van der Waals surface area contributed by atoms with Gasteiger partial charge in [0.05, 0.1) is 28.1 Å². The molecule has 0 saturated carbocycles. The third-order valence-electron chi connectivity index (χ3n) is 4.95. The van der Waals surface area contributed by atoms with Gasteiger partial charge in [-0.15, -0.1) is 0 Å². The summed E-state index contributed by atoms with van der Waals surface area (Å²) in [5.41, 5.74) is 5.18. The number of carbonyl (C=O) groups excluding carboxylic acids is 2. The summed E-state index contributed by atoms with van der Waals surface area (Å²) in [6.45, 7) is 3.80. The molecule has 0 bridgehead atoms. The molecule has 0 aliphatic carbocycles. The first-order chi connectivity index (χ1) is 16.7. The van der Waals surface area contributed by atoms with Crippen molar-refractivity contribution >= 4 is 58.0 Å². The molecule has 1 aromatic heterocycles. The number of carbonyl (C=O) groups is 2. The highest BCUT2D eigenvalue weighted by Gasteiger charge is 2.18. The van der Waals surface area contributed by atoms with E-state index in [-0.39, 0.29) is 23.0 Å². The zero-order valence-electron chi connectivity index (χ0n) is 19.4. The van der Waals surface area contributed by atoms with E-state index in [0.29, 0.717) is 45.9 Å². The van der Waals surface area contributed by atoms with E-state index in [0.717, 1.165) is 5.56 Å². The van der Waals surface area contributed by atoms with Gasteiger partial charge in [0.15, 0.2) is 0 Å². The highest BCUT2D eigenvalue weighted by atomic mass is 35.5. The summed E-state index contributed by atoms with van der Waals surface area (Å²) in [5.74, 6) is -0.104. The minimum absolute atomic E-state index is 0.155. The molecule has 2 amide bonds. The fourth-order valence-electron chi connectivity index (χ4n) is 3.18. The van der Waals surface area contributed by atoms with Crippen molar-refractivity contribution in [1.82, 2.24) is 15.2 Å². The predicted octanol–water partition coefficient (Wildman–Crippen LogP) is 5.64. The Bertz CT molecular complexity index is 1270. The zero-order valence-corrected chi connectivity index (χ0v) is 21.6. The number of nitrogens with one attached hydrogen (secondary N) is 2. The van der Waals surface area contributed by atoms with Crippen molar-refractivity contribution < 1.29 is 14.3 Å². The van der Waals surface area contributed by atoms with Gasteiger partial charge in [-0.05, 0) is 56.2 Å². The smallest absolute Gasteiger partial charge is 0.291 e. The van der Waals surface area contributed by atoms with Crippen LogP contribution in [0.15, 0.2) is 47.6 Å². The van der Waals surface area contributed by atoms with Gasteiger partial charge in [0.2, 0.25) is 5.91 Å². The molecule has 0 atom stereocenters. The number of nitrogens with zero attached hydrogens (tertiary/aromatic N) is 3. The van der Waals surface area contributed by atoms with Crippen LogP contribution in [0.3, 0.4) is 0 Å². The number of benzene rings is 2. The lowest BCUT2D eigenvalue weighted by molar-refractivity contribution is -0.116. The monoisotopic (exact) mass is 535 g/mol. The van der Waals surface area contributed by atoms with Crippen LogP contribution in [-0.4, -0.2) is 33.9 Å². The molecule has 0 radical (unpaired) electrons. The topological polar surface area (TPSA) is 97.6 Å². The van der Waals surface area contributed by atoms with Crippen molar-refractivity contribution in [2.45, 2.75) is 26.7 Å². The summed E-state index contributed by atoms with van der Waals surface area (Å²) in [5, 5.41) is 12.4. The van der Waals surface area contributed by atoms with E-state index in [9.17, 15) is 9.59 Å². The second-order valence-electron chi connectivity index (χ2n) is 7.67. The predicted molar refractivity (Wildman–Crippen MR) is 139 cm³/mol. The lowest BCUT2D eigenvalue weighted by Crippen LogP contribution is -2.22. The van der Waals surface area contributed by atoms with Gasteiger partial charge in [0.1, 0.15) is 11.4 Å². The number of ether oxygens (including phenoxy) is 1. The third-order valence-corrected chi connectivity index (χ3v) is 5.94. The molecule has 0 saturated heterocycles. The molecule has 0 aliphatic rings. The minimum atomic E-state index is -0.469. The number of rotatable bonds is 9. The normalized spacial score (nSPS) is 11.3. The van der Waals surface area contributed by atoms with Crippen LogP contribution >= 0.6 is 34.8 Å².